The fraction of sp³-hybridized carbons (Fsp3) is 0.455. The van der Waals surface area contributed by atoms with E-state index in [1.807, 2.05) is 4.90 Å². The molecule has 1 aliphatic rings. The van der Waals surface area contributed by atoms with Crippen molar-refractivity contribution in [1.82, 2.24) is 9.88 Å². The van der Waals surface area contributed by atoms with Crippen LogP contribution in [0, 0.1) is 0 Å². The van der Waals surface area contributed by atoms with Crippen LogP contribution in [0.4, 0.5) is 0 Å². The normalized spacial score (nSPS) is 17.5. The van der Waals surface area contributed by atoms with E-state index in [2.05, 4.69) is 20.9 Å². The summed E-state index contributed by atoms with van der Waals surface area (Å²) in [6, 6.07) is 2.04. The standard InChI is InChI=1S/C11H14BrN3O/c12-9-5-8(6-14-7-9)11(16)15-3-1-10(13)2-4-15/h5-7,10H,1-4,13H2. The van der Waals surface area contributed by atoms with E-state index >= 15 is 0 Å². The highest BCUT2D eigenvalue weighted by molar-refractivity contribution is 9.10. The first-order valence-corrected chi connectivity index (χ1v) is 6.11. The van der Waals surface area contributed by atoms with Crippen LogP contribution in [0.3, 0.4) is 0 Å². The van der Waals surface area contributed by atoms with Crippen molar-refractivity contribution < 1.29 is 4.79 Å². The first kappa shape index (κ1) is 11.5. The smallest absolute Gasteiger partial charge is 0.255 e. The van der Waals surface area contributed by atoms with Gasteiger partial charge in [-0.05, 0) is 34.8 Å². The van der Waals surface area contributed by atoms with Crippen LogP contribution in [-0.4, -0.2) is 34.9 Å². The first-order valence-electron chi connectivity index (χ1n) is 5.32. The molecule has 0 aromatic carbocycles. The maximum Gasteiger partial charge on any atom is 0.255 e. The lowest BCUT2D eigenvalue weighted by atomic mass is 10.1. The van der Waals surface area contributed by atoms with E-state index < -0.39 is 0 Å². The monoisotopic (exact) mass is 283 g/mol. The molecule has 1 aromatic heterocycles. The minimum atomic E-state index is 0.0423. The molecule has 0 bridgehead atoms. The number of nitrogens with two attached hydrogens (primary N) is 1. The van der Waals surface area contributed by atoms with Gasteiger partial charge in [0.2, 0.25) is 0 Å². The average Bonchev–Trinajstić information content (AvgIpc) is 2.29. The van der Waals surface area contributed by atoms with Crippen molar-refractivity contribution in [2.75, 3.05) is 13.1 Å². The minimum Gasteiger partial charge on any atom is -0.338 e. The van der Waals surface area contributed by atoms with Crippen molar-refractivity contribution in [3.05, 3.63) is 28.5 Å². The lowest BCUT2D eigenvalue weighted by molar-refractivity contribution is 0.0714. The molecule has 0 spiro atoms. The Balaban J connectivity index is 2.08. The summed E-state index contributed by atoms with van der Waals surface area (Å²) < 4.78 is 0.826. The summed E-state index contributed by atoms with van der Waals surface area (Å²) in [4.78, 5) is 17.9. The number of hydrogen-bond donors (Lipinski definition) is 1. The molecule has 4 nitrogen and oxygen atoms in total. The quantitative estimate of drug-likeness (QED) is 0.848. The largest absolute Gasteiger partial charge is 0.338 e. The van der Waals surface area contributed by atoms with Gasteiger partial charge in [-0.1, -0.05) is 0 Å². The Bertz CT molecular complexity index is 389. The molecule has 1 fully saturated rings. The lowest BCUT2D eigenvalue weighted by Gasteiger charge is -2.30. The number of pyridine rings is 1. The minimum absolute atomic E-state index is 0.0423. The second-order valence-electron chi connectivity index (χ2n) is 4.02. The second-order valence-corrected chi connectivity index (χ2v) is 4.94. The van der Waals surface area contributed by atoms with Gasteiger partial charge in [-0.2, -0.15) is 0 Å². The molecule has 0 radical (unpaired) electrons. The molecule has 0 saturated carbocycles. The number of amides is 1. The molecule has 1 aliphatic heterocycles. The predicted molar refractivity (Wildman–Crippen MR) is 65.0 cm³/mol. The number of nitrogens with zero attached hydrogens (tertiary/aromatic N) is 2. The van der Waals surface area contributed by atoms with Crippen LogP contribution in [-0.2, 0) is 0 Å². The Morgan fingerprint density at radius 2 is 2.12 bits per heavy atom. The van der Waals surface area contributed by atoms with Gasteiger partial charge in [-0.25, -0.2) is 0 Å². The van der Waals surface area contributed by atoms with Crippen LogP contribution in [0.5, 0.6) is 0 Å². The van der Waals surface area contributed by atoms with Crippen molar-refractivity contribution in [1.29, 1.82) is 0 Å². The highest BCUT2D eigenvalue weighted by Crippen LogP contribution is 2.15. The molecule has 16 heavy (non-hydrogen) atoms. The molecule has 0 unspecified atom stereocenters. The van der Waals surface area contributed by atoms with Crippen molar-refractivity contribution in [3.8, 4) is 0 Å². The van der Waals surface area contributed by atoms with E-state index in [1.165, 1.54) is 0 Å². The number of piperidine rings is 1. The van der Waals surface area contributed by atoms with Gasteiger partial charge < -0.3 is 10.6 Å². The zero-order valence-electron chi connectivity index (χ0n) is 8.90. The van der Waals surface area contributed by atoms with Crippen LogP contribution >= 0.6 is 15.9 Å². The molecule has 86 valence electrons. The lowest BCUT2D eigenvalue weighted by Crippen LogP contribution is -2.42. The maximum absolute atomic E-state index is 12.1. The number of rotatable bonds is 1. The fourth-order valence-electron chi connectivity index (χ4n) is 1.81. The Hall–Kier alpha value is -0.940. The van der Waals surface area contributed by atoms with E-state index in [4.69, 9.17) is 5.73 Å². The third-order valence-corrected chi connectivity index (χ3v) is 3.21. The zero-order valence-corrected chi connectivity index (χ0v) is 10.5. The van der Waals surface area contributed by atoms with Crippen LogP contribution < -0.4 is 5.73 Å². The second kappa shape index (κ2) is 4.93. The summed E-state index contributed by atoms with van der Waals surface area (Å²) >= 11 is 3.31. The third-order valence-electron chi connectivity index (χ3n) is 2.78. The summed E-state index contributed by atoms with van der Waals surface area (Å²) in [5.74, 6) is 0.0423. The first-order chi connectivity index (χ1) is 7.66. The summed E-state index contributed by atoms with van der Waals surface area (Å²) in [6.45, 7) is 1.49. The molecule has 1 amide bonds. The Labute approximate surface area is 103 Å². The van der Waals surface area contributed by atoms with E-state index in [9.17, 15) is 4.79 Å². The molecular formula is C11H14BrN3O. The zero-order chi connectivity index (χ0) is 11.5. The Morgan fingerprint density at radius 1 is 1.44 bits per heavy atom. The summed E-state index contributed by atoms with van der Waals surface area (Å²) in [5.41, 5.74) is 6.43. The van der Waals surface area contributed by atoms with Gasteiger partial charge in [0.05, 0.1) is 5.56 Å². The number of aromatic nitrogens is 1. The summed E-state index contributed by atoms with van der Waals surface area (Å²) in [6.07, 6.45) is 5.03. The molecular weight excluding hydrogens is 270 g/mol. The number of likely N-dealkylation sites (tertiary alicyclic amines) is 1. The number of hydrogen-bond acceptors (Lipinski definition) is 3. The number of carbonyl (C=O) groups is 1. The molecule has 0 aliphatic carbocycles. The summed E-state index contributed by atoms with van der Waals surface area (Å²) in [5, 5.41) is 0. The van der Waals surface area contributed by atoms with Crippen molar-refractivity contribution in [2.45, 2.75) is 18.9 Å². The molecule has 1 saturated heterocycles. The van der Waals surface area contributed by atoms with E-state index in [-0.39, 0.29) is 11.9 Å². The number of halogens is 1. The van der Waals surface area contributed by atoms with Crippen LogP contribution in [0.15, 0.2) is 22.9 Å². The van der Waals surface area contributed by atoms with Gasteiger partial charge in [0.15, 0.2) is 0 Å². The van der Waals surface area contributed by atoms with Gasteiger partial charge in [0, 0.05) is 36.0 Å². The SMILES string of the molecule is NC1CCN(C(=O)c2cncc(Br)c2)CC1. The van der Waals surface area contributed by atoms with Crippen molar-refractivity contribution in [2.24, 2.45) is 5.73 Å². The van der Waals surface area contributed by atoms with E-state index in [1.54, 1.807) is 18.5 Å². The van der Waals surface area contributed by atoms with E-state index in [0.29, 0.717) is 5.56 Å². The third kappa shape index (κ3) is 2.59. The number of carbonyl (C=O) groups excluding carboxylic acids is 1. The Kier molecular flexibility index (Phi) is 3.56. The van der Waals surface area contributed by atoms with Crippen LogP contribution in [0.1, 0.15) is 23.2 Å². The van der Waals surface area contributed by atoms with E-state index in [0.717, 1.165) is 30.4 Å². The highest BCUT2D eigenvalue weighted by Gasteiger charge is 2.21. The van der Waals surface area contributed by atoms with Gasteiger partial charge in [0.1, 0.15) is 0 Å². The van der Waals surface area contributed by atoms with Crippen LogP contribution in [0.25, 0.3) is 0 Å². The molecule has 1 aromatic rings. The maximum atomic E-state index is 12.1. The van der Waals surface area contributed by atoms with Crippen LogP contribution in [0.2, 0.25) is 0 Å². The molecule has 2 rings (SSSR count). The fourth-order valence-corrected chi connectivity index (χ4v) is 2.18. The van der Waals surface area contributed by atoms with Gasteiger partial charge in [0.25, 0.3) is 5.91 Å². The van der Waals surface area contributed by atoms with Crippen molar-refractivity contribution in [3.63, 3.8) is 0 Å². The topological polar surface area (TPSA) is 59.2 Å². The predicted octanol–water partition coefficient (Wildman–Crippen LogP) is 1.41. The van der Waals surface area contributed by atoms with Gasteiger partial charge >= 0.3 is 0 Å². The highest BCUT2D eigenvalue weighted by atomic mass is 79.9. The Morgan fingerprint density at radius 3 is 2.75 bits per heavy atom. The van der Waals surface area contributed by atoms with Gasteiger partial charge in [-0.3, -0.25) is 9.78 Å². The molecule has 0 atom stereocenters. The molecule has 2 heterocycles. The van der Waals surface area contributed by atoms with Gasteiger partial charge in [-0.15, -0.1) is 0 Å². The van der Waals surface area contributed by atoms with Crippen molar-refractivity contribution >= 4 is 21.8 Å². The molecule has 5 heteroatoms. The molecule has 2 N–H and O–H groups in total. The average molecular weight is 284 g/mol. The summed E-state index contributed by atoms with van der Waals surface area (Å²) in [7, 11) is 0.